The molecule has 0 aliphatic rings. The number of benzene rings is 2. The van der Waals surface area contributed by atoms with Crippen molar-refractivity contribution in [2.24, 2.45) is 0 Å². The van der Waals surface area contributed by atoms with Gasteiger partial charge in [0.15, 0.2) is 5.78 Å². The molecule has 0 fully saturated rings. The maximum atomic E-state index is 11.3. The van der Waals surface area contributed by atoms with Gasteiger partial charge in [0.05, 0.1) is 14.2 Å². The van der Waals surface area contributed by atoms with Gasteiger partial charge in [0.1, 0.15) is 11.5 Å². The normalized spacial score (nSPS) is 10.4. The molecule has 132 valence electrons. The molecule has 0 N–H and O–H groups in total. The van der Waals surface area contributed by atoms with Gasteiger partial charge in [0.2, 0.25) is 0 Å². The molecule has 0 radical (unpaired) electrons. The number of hydrogen-bond acceptors (Lipinski definition) is 3. The van der Waals surface area contributed by atoms with Crippen molar-refractivity contribution in [1.82, 2.24) is 0 Å². The molecule has 3 nitrogen and oxygen atoms in total. The van der Waals surface area contributed by atoms with Gasteiger partial charge in [-0.25, -0.2) is 0 Å². The van der Waals surface area contributed by atoms with Crippen LogP contribution < -0.4 is 9.47 Å². The maximum absolute atomic E-state index is 11.3. The molecule has 2 aromatic rings. The van der Waals surface area contributed by atoms with E-state index < -0.39 is 0 Å². The second-order valence-electron chi connectivity index (χ2n) is 5.76. The van der Waals surface area contributed by atoms with Crippen molar-refractivity contribution in [1.29, 1.82) is 0 Å². The lowest BCUT2D eigenvalue weighted by molar-refractivity contribution is -0.114. The number of hydrogen-bond donors (Lipinski definition) is 0. The van der Waals surface area contributed by atoms with E-state index in [1.54, 1.807) is 14.2 Å². The molecule has 0 atom stereocenters. The van der Waals surface area contributed by atoms with Crippen LogP contribution in [0.4, 0.5) is 0 Å². The number of ether oxygens (including phenoxy) is 2. The van der Waals surface area contributed by atoms with Crippen molar-refractivity contribution in [3.63, 3.8) is 0 Å². The lowest BCUT2D eigenvalue weighted by Gasteiger charge is -2.14. The molecule has 25 heavy (non-hydrogen) atoms. The van der Waals surface area contributed by atoms with E-state index in [0.717, 1.165) is 45.5 Å². The largest absolute Gasteiger partial charge is 0.496 e. The molecule has 0 aliphatic heterocycles. The lowest BCUT2D eigenvalue weighted by atomic mass is 9.98. The van der Waals surface area contributed by atoms with Gasteiger partial charge in [-0.05, 0) is 83.8 Å². The molecular weight excluding hydrogens is 427 g/mol. The summed E-state index contributed by atoms with van der Waals surface area (Å²) in [5, 5.41) is 0. The molecule has 0 aliphatic carbocycles. The van der Waals surface area contributed by atoms with Gasteiger partial charge in [-0.3, -0.25) is 4.79 Å². The smallest absolute Gasteiger partial charge is 0.155 e. The lowest BCUT2D eigenvalue weighted by Crippen LogP contribution is -1.96. The zero-order chi connectivity index (χ0) is 18.2. The summed E-state index contributed by atoms with van der Waals surface area (Å²) in [6.07, 6.45) is 4.73. The first kappa shape index (κ1) is 19.5. The van der Waals surface area contributed by atoms with Crippen LogP contribution in [0.1, 0.15) is 24.8 Å². The van der Waals surface area contributed by atoms with E-state index >= 15 is 0 Å². The maximum Gasteiger partial charge on any atom is 0.155 e. The van der Waals surface area contributed by atoms with Crippen LogP contribution in [0.2, 0.25) is 0 Å². The molecule has 2 aromatic carbocycles. The van der Waals surface area contributed by atoms with Crippen LogP contribution in [0.5, 0.6) is 11.5 Å². The second-order valence-corrected chi connectivity index (χ2v) is 7.00. The number of aryl methyl sites for hydroxylation is 1. The first-order valence-electron chi connectivity index (χ1n) is 8.25. The van der Waals surface area contributed by atoms with Gasteiger partial charge in [0, 0.05) is 21.1 Å². The fourth-order valence-electron chi connectivity index (χ4n) is 2.74. The van der Waals surface area contributed by atoms with E-state index in [2.05, 4.69) is 47.4 Å². The predicted molar refractivity (Wildman–Crippen MR) is 110 cm³/mol. The van der Waals surface area contributed by atoms with E-state index in [9.17, 15) is 4.79 Å². The van der Waals surface area contributed by atoms with Gasteiger partial charge in [0.25, 0.3) is 0 Å². The van der Waals surface area contributed by atoms with E-state index in [0.29, 0.717) is 6.42 Å². The van der Waals surface area contributed by atoms with Crippen molar-refractivity contribution < 1.29 is 14.3 Å². The molecule has 0 saturated heterocycles. The Morgan fingerprint density at radius 3 is 2.32 bits per heavy atom. The Labute approximate surface area is 163 Å². The van der Waals surface area contributed by atoms with E-state index in [1.165, 1.54) is 11.6 Å². The fraction of sp³-hybridized carbons (Fsp3) is 0.286. The van der Waals surface area contributed by atoms with E-state index in [-0.39, 0.29) is 5.78 Å². The van der Waals surface area contributed by atoms with Gasteiger partial charge < -0.3 is 9.47 Å². The minimum Gasteiger partial charge on any atom is -0.496 e. The third kappa shape index (κ3) is 5.33. The standard InChI is InChI=1S/C21H23IO3/c1-4-17(23)8-6-5-7-15-9-11-20(24-2)18(13-15)19-14-16(22)10-12-21(19)25-3/h4,9-14H,1,5-8H2,2-3H3. The number of ketones is 1. The molecule has 0 aromatic heterocycles. The molecule has 0 bridgehead atoms. The van der Waals surface area contributed by atoms with Crippen molar-refractivity contribution in [2.75, 3.05) is 14.2 Å². The second kappa shape index (κ2) is 9.61. The minimum atomic E-state index is 0.110. The summed E-state index contributed by atoms with van der Waals surface area (Å²) < 4.78 is 12.2. The van der Waals surface area contributed by atoms with Gasteiger partial charge in [-0.1, -0.05) is 12.6 Å². The third-order valence-corrected chi connectivity index (χ3v) is 4.75. The highest BCUT2D eigenvalue weighted by Crippen LogP contribution is 2.38. The zero-order valence-electron chi connectivity index (χ0n) is 14.7. The number of carbonyl (C=O) groups excluding carboxylic acids is 1. The molecule has 4 heteroatoms. The number of carbonyl (C=O) groups is 1. The Kier molecular flexibility index (Phi) is 7.50. The molecule has 0 saturated carbocycles. The molecule has 0 heterocycles. The first-order valence-corrected chi connectivity index (χ1v) is 9.33. The molecule has 0 spiro atoms. The summed E-state index contributed by atoms with van der Waals surface area (Å²) in [7, 11) is 3.36. The monoisotopic (exact) mass is 450 g/mol. The highest BCUT2D eigenvalue weighted by Gasteiger charge is 2.13. The Balaban J connectivity index is 2.24. The van der Waals surface area contributed by atoms with E-state index in [4.69, 9.17) is 9.47 Å². The summed E-state index contributed by atoms with van der Waals surface area (Å²) in [5.74, 6) is 1.76. The Hall–Kier alpha value is -1.82. The van der Waals surface area contributed by atoms with Gasteiger partial charge in [-0.15, -0.1) is 0 Å². The third-order valence-electron chi connectivity index (χ3n) is 4.08. The molecular formula is C21H23IO3. The van der Waals surface area contributed by atoms with E-state index in [1.807, 2.05) is 18.2 Å². The summed E-state index contributed by atoms with van der Waals surface area (Å²) in [6.45, 7) is 3.51. The van der Waals surface area contributed by atoms with Crippen LogP contribution in [-0.2, 0) is 11.2 Å². The minimum absolute atomic E-state index is 0.110. The van der Waals surface area contributed by atoms with Crippen LogP contribution >= 0.6 is 22.6 Å². The number of rotatable bonds is 9. The zero-order valence-corrected chi connectivity index (χ0v) is 16.8. The van der Waals surface area contributed by atoms with Crippen molar-refractivity contribution in [3.8, 4) is 22.6 Å². The van der Waals surface area contributed by atoms with Crippen molar-refractivity contribution in [3.05, 3.63) is 58.2 Å². The Morgan fingerprint density at radius 2 is 1.68 bits per heavy atom. The average molecular weight is 450 g/mol. The number of unbranched alkanes of at least 4 members (excludes halogenated alkanes) is 1. The van der Waals surface area contributed by atoms with Crippen LogP contribution in [0, 0.1) is 3.57 Å². The van der Waals surface area contributed by atoms with Crippen LogP contribution in [-0.4, -0.2) is 20.0 Å². The molecule has 0 unspecified atom stereocenters. The fourth-order valence-corrected chi connectivity index (χ4v) is 3.23. The predicted octanol–water partition coefficient (Wildman–Crippen LogP) is 5.44. The Bertz CT molecular complexity index is 753. The summed E-state index contributed by atoms with van der Waals surface area (Å²) in [5.41, 5.74) is 3.27. The SMILES string of the molecule is C=CC(=O)CCCCc1ccc(OC)c(-c2cc(I)ccc2OC)c1. The highest BCUT2D eigenvalue weighted by atomic mass is 127. The number of methoxy groups -OCH3 is 2. The molecule has 0 amide bonds. The van der Waals surface area contributed by atoms with Gasteiger partial charge in [-0.2, -0.15) is 0 Å². The van der Waals surface area contributed by atoms with Crippen molar-refractivity contribution in [2.45, 2.75) is 25.7 Å². The van der Waals surface area contributed by atoms with Gasteiger partial charge >= 0.3 is 0 Å². The summed E-state index contributed by atoms with van der Waals surface area (Å²) in [6, 6.07) is 12.3. The highest BCUT2D eigenvalue weighted by molar-refractivity contribution is 14.1. The average Bonchev–Trinajstić information content (AvgIpc) is 2.64. The van der Waals surface area contributed by atoms with Crippen molar-refractivity contribution >= 4 is 28.4 Å². The summed E-state index contributed by atoms with van der Waals surface area (Å²) in [4.78, 5) is 11.3. The first-order chi connectivity index (χ1) is 12.1. The number of halogens is 1. The molecule has 2 rings (SSSR count). The summed E-state index contributed by atoms with van der Waals surface area (Å²) >= 11 is 2.30. The van der Waals surface area contributed by atoms with Crippen LogP contribution in [0.3, 0.4) is 0 Å². The quantitative estimate of drug-likeness (QED) is 0.290. The topological polar surface area (TPSA) is 35.5 Å². The number of allylic oxidation sites excluding steroid dienone is 1. The van der Waals surface area contributed by atoms with Crippen LogP contribution in [0.25, 0.3) is 11.1 Å². The Morgan fingerprint density at radius 1 is 1.04 bits per heavy atom. The van der Waals surface area contributed by atoms with Crippen LogP contribution in [0.15, 0.2) is 49.1 Å².